The maximum Gasteiger partial charge on any atom is 0.141 e. The molecule has 13 heavy (non-hydrogen) atoms. The molecule has 1 aliphatic heterocycles. The average molecular weight is 204 g/mol. The number of nitrogens with zero attached hydrogens (tertiary/aromatic N) is 2. The predicted octanol–water partition coefficient (Wildman–Crippen LogP) is 1.07. The van der Waals surface area contributed by atoms with Crippen molar-refractivity contribution in [3.8, 4) is 0 Å². The lowest BCUT2D eigenvalue weighted by Gasteiger charge is -2.08. The van der Waals surface area contributed by atoms with Gasteiger partial charge in [-0.25, -0.2) is 4.98 Å². The number of halogens is 1. The van der Waals surface area contributed by atoms with E-state index < -0.39 is 0 Å². The van der Waals surface area contributed by atoms with Crippen LogP contribution in [0.25, 0.3) is 0 Å². The summed E-state index contributed by atoms with van der Waals surface area (Å²) < 4.78 is 7.45. The van der Waals surface area contributed by atoms with E-state index in [1.54, 1.807) is 6.33 Å². The van der Waals surface area contributed by atoms with E-state index in [2.05, 4.69) is 4.98 Å². The SMILES string of the molecule is Cl.Nc1cn(C[C@H]2CCCO2)cn1. The van der Waals surface area contributed by atoms with Crippen LogP contribution in [-0.4, -0.2) is 22.3 Å². The van der Waals surface area contributed by atoms with Crippen LogP contribution < -0.4 is 5.73 Å². The number of nitrogens with two attached hydrogens (primary N) is 1. The van der Waals surface area contributed by atoms with E-state index in [1.165, 1.54) is 6.42 Å². The molecule has 0 unspecified atom stereocenters. The number of nitrogen functional groups attached to an aromatic ring is 1. The maximum absolute atomic E-state index is 5.48. The van der Waals surface area contributed by atoms with E-state index in [9.17, 15) is 0 Å². The van der Waals surface area contributed by atoms with Crippen molar-refractivity contribution >= 4 is 18.2 Å². The predicted molar refractivity (Wildman–Crippen MR) is 52.9 cm³/mol. The summed E-state index contributed by atoms with van der Waals surface area (Å²) >= 11 is 0. The van der Waals surface area contributed by atoms with E-state index in [-0.39, 0.29) is 12.4 Å². The van der Waals surface area contributed by atoms with Gasteiger partial charge in [0, 0.05) is 19.3 Å². The Kier molecular flexibility index (Phi) is 3.57. The summed E-state index contributed by atoms with van der Waals surface area (Å²) in [5.74, 6) is 0.577. The summed E-state index contributed by atoms with van der Waals surface area (Å²) in [6.45, 7) is 1.78. The molecule has 1 fully saturated rings. The monoisotopic (exact) mass is 203 g/mol. The Morgan fingerprint density at radius 2 is 2.54 bits per heavy atom. The maximum atomic E-state index is 5.48. The van der Waals surface area contributed by atoms with Gasteiger partial charge in [-0.15, -0.1) is 12.4 Å². The largest absolute Gasteiger partial charge is 0.382 e. The third-order valence-corrected chi connectivity index (χ3v) is 2.09. The highest BCUT2D eigenvalue weighted by Gasteiger charge is 2.15. The van der Waals surface area contributed by atoms with E-state index in [1.807, 2.05) is 10.8 Å². The van der Waals surface area contributed by atoms with Crippen LogP contribution >= 0.6 is 12.4 Å². The van der Waals surface area contributed by atoms with E-state index >= 15 is 0 Å². The first-order chi connectivity index (χ1) is 5.84. The Balaban J connectivity index is 0.000000845. The number of rotatable bonds is 2. The zero-order valence-corrected chi connectivity index (χ0v) is 8.17. The van der Waals surface area contributed by atoms with Crippen LogP contribution in [0.2, 0.25) is 0 Å². The van der Waals surface area contributed by atoms with Gasteiger partial charge >= 0.3 is 0 Å². The van der Waals surface area contributed by atoms with Crippen molar-refractivity contribution in [2.24, 2.45) is 0 Å². The van der Waals surface area contributed by atoms with Crippen LogP contribution in [0.15, 0.2) is 12.5 Å². The molecule has 0 aromatic carbocycles. The molecular weight excluding hydrogens is 190 g/mol. The molecule has 0 aliphatic carbocycles. The van der Waals surface area contributed by atoms with Crippen LogP contribution in [0, 0.1) is 0 Å². The fraction of sp³-hybridized carbons (Fsp3) is 0.625. The van der Waals surface area contributed by atoms with Crippen molar-refractivity contribution in [3.63, 3.8) is 0 Å². The van der Waals surface area contributed by atoms with Gasteiger partial charge in [-0.1, -0.05) is 0 Å². The average Bonchev–Trinajstić information content (AvgIpc) is 2.63. The molecule has 4 nitrogen and oxygen atoms in total. The minimum atomic E-state index is 0. The van der Waals surface area contributed by atoms with Gasteiger partial charge in [-0.05, 0) is 12.8 Å². The molecule has 2 heterocycles. The molecule has 1 atom stereocenters. The summed E-state index contributed by atoms with van der Waals surface area (Å²) in [5, 5.41) is 0. The van der Waals surface area contributed by atoms with Crippen LogP contribution in [0.5, 0.6) is 0 Å². The summed E-state index contributed by atoms with van der Waals surface area (Å²) in [6.07, 6.45) is 6.27. The smallest absolute Gasteiger partial charge is 0.141 e. The van der Waals surface area contributed by atoms with E-state index in [0.717, 1.165) is 19.6 Å². The van der Waals surface area contributed by atoms with Crippen LogP contribution in [0.1, 0.15) is 12.8 Å². The molecule has 1 aromatic rings. The number of imidazole rings is 1. The first-order valence-electron chi connectivity index (χ1n) is 4.23. The third-order valence-electron chi connectivity index (χ3n) is 2.09. The Bertz CT molecular complexity index is 258. The Morgan fingerprint density at radius 1 is 1.69 bits per heavy atom. The quantitative estimate of drug-likeness (QED) is 0.782. The highest BCUT2D eigenvalue weighted by atomic mass is 35.5. The molecule has 74 valence electrons. The van der Waals surface area contributed by atoms with Gasteiger partial charge in [0.2, 0.25) is 0 Å². The normalized spacial score (nSPS) is 21.4. The second-order valence-corrected chi connectivity index (χ2v) is 3.13. The number of aromatic nitrogens is 2. The zero-order chi connectivity index (χ0) is 8.39. The number of anilines is 1. The number of hydrogen-bond acceptors (Lipinski definition) is 3. The molecule has 0 spiro atoms. The molecule has 2 N–H and O–H groups in total. The second-order valence-electron chi connectivity index (χ2n) is 3.13. The lowest BCUT2D eigenvalue weighted by atomic mass is 10.2. The van der Waals surface area contributed by atoms with E-state index in [4.69, 9.17) is 10.5 Å². The Morgan fingerprint density at radius 3 is 3.08 bits per heavy atom. The highest BCUT2D eigenvalue weighted by molar-refractivity contribution is 5.85. The topological polar surface area (TPSA) is 53.1 Å². The molecule has 1 saturated heterocycles. The molecule has 0 amide bonds. The second kappa shape index (κ2) is 4.48. The fourth-order valence-electron chi connectivity index (χ4n) is 1.50. The summed E-state index contributed by atoms with van der Waals surface area (Å²) in [6, 6.07) is 0. The van der Waals surface area contributed by atoms with Gasteiger partial charge in [-0.2, -0.15) is 0 Å². The Hall–Kier alpha value is -0.740. The number of hydrogen-bond donors (Lipinski definition) is 1. The van der Waals surface area contributed by atoms with Gasteiger partial charge in [-0.3, -0.25) is 0 Å². The summed E-state index contributed by atoms with van der Waals surface area (Å²) in [7, 11) is 0. The minimum absolute atomic E-state index is 0. The molecule has 0 radical (unpaired) electrons. The first kappa shape index (κ1) is 10.3. The van der Waals surface area contributed by atoms with Crippen molar-refractivity contribution in [1.29, 1.82) is 0 Å². The minimum Gasteiger partial charge on any atom is -0.382 e. The van der Waals surface area contributed by atoms with Crippen molar-refractivity contribution < 1.29 is 4.74 Å². The molecular formula is C8H14ClN3O. The fourth-order valence-corrected chi connectivity index (χ4v) is 1.50. The Labute approximate surface area is 83.5 Å². The van der Waals surface area contributed by atoms with Crippen LogP contribution in [0.3, 0.4) is 0 Å². The van der Waals surface area contributed by atoms with Gasteiger partial charge in [0.05, 0.1) is 12.4 Å². The van der Waals surface area contributed by atoms with Gasteiger partial charge in [0.15, 0.2) is 0 Å². The van der Waals surface area contributed by atoms with Crippen LogP contribution in [-0.2, 0) is 11.3 Å². The van der Waals surface area contributed by atoms with Crippen molar-refractivity contribution in [2.45, 2.75) is 25.5 Å². The lowest BCUT2D eigenvalue weighted by molar-refractivity contribution is 0.0970. The van der Waals surface area contributed by atoms with Crippen molar-refractivity contribution in [2.75, 3.05) is 12.3 Å². The third kappa shape index (κ3) is 2.60. The first-order valence-corrected chi connectivity index (χ1v) is 4.23. The summed E-state index contributed by atoms with van der Waals surface area (Å²) in [5.41, 5.74) is 5.48. The zero-order valence-electron chi connectivity index (χ0n) is 7.35. The standard InChI is InChI=1S/C8H13N3O.ClH/c9-8-5-11(6-10-8)4-7-2-1-3-12-7;/h5-7H,1-4,9H2;1H/t7-;/m1./s1. The van der Waals surface area contributed by atoms with E-state index in [0.29, 0.717) is 11.9 Å². The van der Waals surface area contributed by atoms with Crippen LogP contribution in [0.4, 0.5) is 5.82 Å². The lowest BCUT2D eigenvalue weighted by Crippen LogP contribution is -2.13. The molecule has 0 bridgehead atoms. The summed E-state index contributed by atoms with van der Waals surface area (Å²) in [4.78, 5) is 3.94. The highest BCUT2D eigenvalue weighted by Crippen LogP contribution is 2.14. The van der Waals surface area contributed by atoms with Gasteiger partial charge in [0.1, 0.15) is 5.82 Å². The van der Waals surface area contributed by atoms with Gasteiger partial charge < -0.3 is 15.0 Å². The molecule has 1 aliphatic rings. The number of ether oxygens (including phenoxy) is 1. The van der Waals surface area contributed by atoms with Gasteiger partial charge in [0.25, 0.3) is 0 Å². The van der Waals surface area contributed by atoms with Crippen molar-refractivity contribution in [1.82, 2.24) is 9.55 Å². The molecule has 1 aromatic heterocycles. The van der Waals surface area contributed by atoms with Crippen molar-refractivity contribution in [3.05, 3.63) is 12.5 Å². The molecule has 2 rings (SSSR count). The molecule has 0 saturated carbocycles. The molecule has 5 heteroatoms.